The molecule has 0 bridgehead atoms. The van der Waals surface area contributed by atoms with E-state index < -0.39 is 0 Å². The topological polar surface area (TPSA) is 29.3 Å². The molecule has 0 fully saturated rings. The number of rotatable bonds is 4. The van der Waals surface area contributed by atoms with E-state index in [1.165, 1.54) is 5.56 Å². The van der Waals surface area contributed by atoms with Crippen molar-refractivity contribution in [2.24, 2.45) is 0 Å². The van der Waals surface area contributed by atoms with Gasteiger partial charge in [0.15, 0.2) is 0 Å². The van der Waals surface area contributed by atoms with Crippen molar-refractivity contribution in [2.45, 2.75) is 19.5 Å². The molecule has 20 heavy (non-hydrogen) atoms. The van der Waals surface area contributed by atoms with Gasteiger partial charge in [-0.2, -0.15) is 0 Å². The highest BCUT2D eigenvalue weighted by Crippen LogP contribution is 2.17. The van der Waals surface area contributed by atoms with Crippen molar-refractivity contribution in [3.63, 3.8) is 0 Å². The number of nitrogens with zero attached hydrogens (tertiary/aromatic N) is 2. The second kappa shape index (κ2) is 5.77. The van der Waals surface area contributed by atoms with Crippen LogP contribution in [0, 0.1) is 0 Å². The predicted molar refractivity (Wildman–Crippen MR) is 84.6 cm³/mol. The average Bonchev–Trinajstić information content (AvgIpc) is 2.88. The maximum atomic E-state index is 4.59. The van der Waals surface area contributed by atoms with Crippen LogP contribution in [0.4, 0.5) is 0 Å². The molecule has 0 saturated carbocycles. The fraction of sp³-hybridized carbons (Fsp3) is 0.188. The number of imidazole rings is 1. The number of benzene rings is 1. The lowest BCUT2D eigenvalue weighted by Gasteiger charge is -2.13. The summed E-state index contributed by atoms with van der Waals surface area (Å²) in [5.41, 5.74) is 3.32. The Kier molecular flexibility index (Phi) is 3.85. The van der Waals surface area contributed by atoms with Crippen LogP contribution in [0.15, 0.2) is 59.3 Å². The third-order valence-electron chi connectivity index (χ3n) is 3.37. The molecule has 3 rings (SSSR count). The van der Waals surface area contributed by atoms with Crippen molar-refractivity contribution < 1.29 is 0 Å². The summed E-state index contributed by atoms with van der Waals surface area (Å²) in [5, 5.41) is 3.50. The first-order valence-corrected chi connectivity index (χ1v) is 7.43. The molecule has 1 atom stereocenters. The van der Waals surface area contributed by atoms with Crippen molar-refractivity contribution in [3.05, 3.63) is 70.6 Å². The molecule has 1 aromatic carbocycles. The van der Waals surface area contributed by atoms with E-state index in [2.05, 4.69) is 63.6 Å². The van der Waals surface area contributed by atoms with E-state index in [4.69, 9.17) is 0 Å². The van der Waals surface area contributed by atoms with Gasteiger partial charge in [-0.05, 0) is 36.8 Å². The van der Waals surface area contributed by atoms with Crippen molar-refractivity contribution in [1.82, 2.24) is 14.7 Å². The van der Waals surface area contributed by atoms with Crippen LogP contribution in [0.3, 0.4) is 0 Å². The first-order chi connectivity index (χ1) is 9.72. The van der Waals surface area contributed by atoms with Gasteiger partial charge in [-0.25, -0.2) is 4.98 Å². The summed E-state index contributed by atoms with van der Waals surface area (Å²) < 4.78 is 3.15. The molecule has 2 aromatic heterocycles. The first-order valence-electron chi connectivity index (χ1n) is 6.64. The van der Waals surface area contributed by atoms with Gasteiger partial charge in [0.05, 0.1) is 5.69 Å². The second-order valence-electron chi connectivity index (χ2n) is 4.85. The zero-order chi connectivity index (χ0) is 13.9. The molecule has 0 radical (unpaired) electrons. The van der Waals surface area contributed by atoms with Gasteiger partial charge < -0.3 is 9.72 Å². The van der Waals surface area contributed by atoms with Crippen LogP contribution in [0.25, 0.3) is 5.65 Å². The van der Waals surface area contributed by atoms with E-state index in [0.717, 1.165) is 22.4 Å². The fourth-order valence-electron chi connectivity index (χ4n) is 2.20. The Hall–Kier alpha value is -1.65. The van der Waals surface area contributed by atoms with E-state index in [9.17, 15) is 0 Å². The Bertz CT molecular complexity index is 670. The standard InChI is InChI=1S/C16H16BrN3/c1-12(13-5-7-14(17)8-6-13)18-10-15-11-20-9-3-2-4-16(20)19-15/h2-9,11-12,18H,10H2,1H3. The van der Waals surface area contributed by atoms with Crippen LogP contribution >= 0.6 is 15.9 Å². The molecule has 102 valence electrons. The van der Waals surface area contributed by atoms with E-state index in [-0.39, 0.29) is 0 Å². The van der Waals surface area contributed by atoms with Gasteiger partial charge in [0, 0.05) is 29.5 Å². The van der Waals surface area contributed by atoms with Crippen LogP contribution in [0.5, 0.6) is 0 Å². The van der Waals surface area contributed by atoms with Gasteiger partial charge in [-0.3, -0.25) is 0 Å². The molecule has 0 aliphatic heterocycles. The zero-order valence-electron chi connectivity index (χ0n) is 11.3. The second-order valence-corrected chi connectivity index (χ2v) is 5.77. The molecule has 3 aromatic rings. The van der Waals surface area contributed by atoms with Crippen molar-refractivity contribution in [3.8, 4) is 0 Å². The fourth-order valence-corrected chi connectivity index (χ4v) is 2.46. The van der Waals surface area contributed by atoms with E-state index >= 15 is 0 Å². The van der Waals surface area contributed by atoms with Crippen LogP contribution < -0.4 is 5.32 Å². The molecule has 4 heteroatoms. The van der Waals surface area contributed by atoms with E-state index in [1.807, 2.05) is 28.8 Å². The minimum absolute atomic E-state index is 0.299. The quantitative estimate of drug-likeness (QED) is 0.785. The van der Waals surface area contributed by atoms with Gasteiger partial charge >= 0.3 is 0 Å². The largest absolute Gasteiger partial charge is 0.307 e. The summed E-state index contributed by atoms with van der Waals surface area (Å²) in [5.74, 6) is 0. The first kappa shape index (κ1) is 13.3. The number of halogens is 1. The molecular weight excluding hydrogens is 314 g/mol. The third kappa shape index (κ3) is 2.92. The summed E-state index contributed by atoms with van der Waals surface area (Å²) in [6, 6.07) is 14.7. The Morgan fingerprint density at radius 3 is 2.75 bits per heavy atom. The summed E-state index contributed by atoms with van der Waals surface area (Å²) in [7, 11) is 0. The molecule has 0 amide bonds. The molecule has 0 aliphatic rings. The average molecular weight is 330 g/mol. The smallest absolute Gasteiger partial charge is 0.137 e. The molecule has 1 unspecified atom stereocenters. The predicted octanol–water partition coefficient (Wildman–Crippen LogP) is 3.95. The SMILES string of the molecule is CC(NCc1cn2ccccc2n1)c1ccc(Br)cc1. The molecular formula is C16H16BrN3. The van der Waals surface area contributed by atoms with Crippen molar-refractivity contribution in [2.75, 3.05) is 0 Å². The molecule has 2 heterocycles. The monoisotopic (exact) mass is 329 g/mol. The maximum Gasteiger partial charge on any atom is 0.137 e. The molecule has 0 spiro atoms. The third-order valence-corrected chi connectivity index (χ3v) is 3.90. The van der Waals surface area contributed by atoms with Gasteiger partial charge in [0.2, 0.25) is 0 Å². The highest BCUT2D eigenvalue weighted by atomic mass is 79.9. The van der Waals surface area contributed by atoms with Crippen molar-refractivity contribution >= 4 is 21.6 Å². The van der Waals surface area contributed by atoms with Gasteiger partial charge in [0.25, 0.3) is 0 Å². The minimum atomic E-state index is 0.299. The van der Waals surface area contributed by atoms with Gasteiger partial charge in [0.1, 0.15) is 5.65 Å². The Morgan fingerprint density at radius 1 is 1.20 bits per heavy atom. The highest BCUT2D eigenvalue weighted by Gasteiger charge is 2.06. The number of fused-ring (bicyclic) bond motifs is 1. The number of hydrogen-bond acceptors (Lipinski definition) is 2. The number of hydrogen-bond donors (Lipinski definition) is 1. The number of pyridine rings is 1. The highest BCUT2D eigenvalue weighted by molar-refractivity contribution is 9.10. The lowest BCUT2D eigenvalue weighted by atomic mass is 10.1. The Labute approximate surface area is 126 Å². The molecule has 0 aliphatic carbocycles. The lowest BCUT2D eigenvalue weighted by Crippen LogP contribution is -2.18. The number of nitrogens with one attached hydrogen (secondary N) is 1. The zero-order valence-corrected chi connectivity index (χ0v) is 12.8. The Balaban J connectivity index is 1.68. The van der Waals surface area contributed by atoms with E-state index in [0.29, 0.717) is 6.04 Å². The number of aromatic nitrogens is 2. The summed E-state index contributed by atoms with van der Waals surface area (Å²) in [6.07, 6.45) is 4.08. The summed E-state index contributed by atoms with van der Waals surface area (Å²) in [6.45, 7) is 2.93. The van der Waals surface area contributed by atoms with Gasteiger partial charge in [-0.1, -0.05) is 34.1 Å². The maximum absolute atomic E-state index is 4.59. The molecule has 3 nitrogen and oxygen atoms in total. The van der Waals surface area contributed by atoms with Crippen LogP contribution in [-0.4, -0.2) is 9.38 Å². The normalized spacial score (nSPS) is 12.7. The van der Waals surface area contributed by atoms with Crippen LogP contribution in [0.1, 0.15) is 24.2 Å². The van der Waals surface area contributed by atoms with E-state index in [1.54, 1.807) is 0 Å². The minimum Gasteiger partial charge on any atom is -0.307 e. The van der Waals surface area contributed by atoms with Crippen LogP contribution in [0.2, 0.25) is 0 Å². The lowest BCUT2D eigenvalue weighted by molar-refractivity contribution is 0.569. The van der Waals surface area contributed by atoms with Crippen LogP contribution in [-0.2, 0) is 6.54 Å². The summed E-state index contributed by atoms with van der Waals surface area (Å²) >= 11 is 3.46. The molecule has 1 N–H and O–H groups in total. The summed E-state index contributed by atoms with van der Waals surface area (Å²) in [4.78, 5) is 4.59. The molecule has 0 saturated heterocycles. The van der Waals surface area contributed by atoms with Crippen molar-refractivity contribution in [1.29, 1.82) is 0 Å². The Morgan fingerprint density at radius 2 is 2.00 bits per heavy atom. The van der Waals surface area contributed by atoms with Gasteiger partial charge in [-0.15, -0.1) is 0 Å².